The van der Waals surface area contributed by atoms with Gasteiger partial charge in [-0.15, -0.1) is 0 Å². The molecular weight excluding hydrogens is 298 g/mol. The van der Waals surface area contributed by atoms with Crippen LogP contribution in [-0.2, 0) is 6.54 Å². The standard InChI is InChI=1S/C20H21N3O/c24-20(18-11-5-10-17-12-21-22-19(17)18)23(14-16-8-4-9-16)13-15-6-2-1-3-7-15/h1-3,5-7,10-12,16H,4,8-9,13-14H2,(H,21,22). The van der Waals surface area contributed by atoms with Crippen LogP contribution in [0.15, 0.2) is 54.7 Å². The van der Waals surface area contributed by atoms with Gasteiger partial charge in [-0.3, -0.25) is 9.89 Å². The molecular formula is C20H21N3O. The monoisotopic (exact) mass is 319 g/mol. The number of hydrogen-bond acceptors (Lipinski definition) is 2. The topological polar surface area (TPSA) is 49.0 Å². The van der Waals surface area contributed by atoms with Gasteiger partial charge in [-0.05, 0) is 30.4 Å². The number of benzene rings is 2. The molecule has 1 fully saturated rings. The van der Waals surface area contributed by atoms with E-state index in [0.29, 0.717) is 18.0 Å². The molecule has 24 heavy (non-hydrogen) atoms. The minimum absolute atomic E-state index is 0.0839. The Bertz CT molecular complexity index is 836. The van der Waals surface area contributed by atoms with E-state index in [2.05, 4.69) is 22.3 Å². The maximum absolute atomic E-state index is 13.2. The Morgan fingerprint density at radius 2 is 1.96 bits per heavy atom. The van der Waals surface area contributed by atoms with Crippen molar-refractivity contribution in [3.63, 3.8) is 0 Å². The first kappa shape index (κ1) is 14.9. The molecule has 1 saturated carbocycles. The summed E-state index contributed by atoms with van der Waals surface area (Å²) in [5.41, 5.74) is 2.70. The van der Waals surface area contributed by atoms with Crippen LogP contribution in [0.5, 0.6) is 0 Å². The average molecular weight is 319 g/mol. The molecule has 1 heterocycles. The number of nitrogens with zero attached hydrogens (tertiary/aromatic N) is 2. The predicted molar refractivity (Wildman–Crippen MR) is 94.6 cm³/mol. The second-order valence-electron chi connectivity index (χ2n) is 6.61. The molecule has 1 N–H and O–H groups in total. The number of nitrogens with one attached hydrogen (secondary N) is 1. The van der Waals surface area contributed by atoms with Gasteiger partial charge >= 0.3 is 0 Å². The Balaban J connectivity index is 1.64. The lowest BCUT2D eigenvalue weighted by Crippen LogP contribution is -2.37. The van der Waals surface area contributed by atoms with Gasteiger partial charge in [0.25, 0.3) is 5.91 Å². The van der Waals surface area contributed by atoms with E-state index in [9.17, 15) is 4.79 Å². The summed E-state index contributed by atoms with van der Waals surface area (Å²) in [4.78, 5) is 15.2. The van der Waals surface area contributed by atoms with Crippen LogP contribution in [0.3, 0.4) is 0 Å². The first-order chi connectivity index (χ1) is 11.8. The molecule has 4 rings (SSSR count). The SMILES string of the molecule is O=C(c1cccc2cn[nH]c12)N(Cc1ccccc1)CC1CCC1. The van der Waals surface area contributed by atoms with Crippen LogP contribution in [0, 0.1) is 5.92 Å². The fourth-order valence-corrected chi connectivity index (χ4v) is 3.33. The molecule has 0 spiro atoms. The highest BCUT2D eigenvalue weighted by Crippen LogP contribution is 2.29. The predicted octanol–water partition coefficient (Wildman–Crippen LogP) is 4.01. The molecule has 0 radical (unpaired) electrons. The van der Waals surface area contributed by atoms with Gasteiger partial charge in [-0.25, -0.2) is 0 Å². The number of aromatic amines is 1. The molecule has 1 aliphatic rings. The van der Waals surface area contributed by atoms with Crippen molar-refractivity contribution in [2.45, 2.75) is 25.8 Å². The van der Waals surface area contributed by atoms with Crippen molar-refractivity contribution in [1.29, 1.82) is 0 Å². The van der Waals surface area contributed by atoms with Crippen LogP contribution in [0.1, 0.15) is 35.2 Å². The highest BCUT2D eigenvalue weighted by molar-refractivity contribution is 6.05. The zero-order valence-corrected chi connectivity index (χ0v) is 13.6. The molecule has 4 nitrogen and oxygen atoms in total. The Morgan fingerprint density at radius 1 is 1.12 bits per heavy atom. The van der Waals surface area contributed by atoms with E-state index < -0.39 is 0 Å². The first-order valence-corrected chi connectivity index (χ1v) is 8.56. The fraction of sp³-hybridized carbons (Fsp3) is 0.300. The summed E-state index contributed by atoms with van der Waals surface area (Å²) in [5, 5.41) is 8.03. The number of carbonyl (C=O) groups is 1. The molecule has 1 aliphatic carbocycles. The van der Waals surface area contributed by atoms with Crippen molar-refractivity contribution in [3.05, 3.63) is 65.9 Å². The summed E-state index contributed by atoms with van der Waals surface area (Å²) < 4.78 is 0. The lowest BCUT2D eigenvalue weighted by Gasteiger charge is -2.32. The third-order valence-electron chi connectivity index (χ3n) is 4.91. The highest BCUT2D eigenvalue weighted by atomic mass is 16.2. The molecule has 0 aliphatic heterocycles. The summed E-state index contributed by atoms with van der Waals surface area (Å²) in [5.74, 6) is 0.722. The molecule has 0 unspecified atom stereocenters. The maximum Gasteiger partial charge on any atom is 0.256 e. The number of carbonyl (C=O) groups excluding carboxylic acids is 1. The number of hydrogen-bond donors (Lipinski definition) is 1. The Kier molecular flexibility index (Phi) is 4.03. The molecule has 0 bridgehead atoms. The average Bonchev–Trinajstić information content (AvgIpc) is 3.06. The third kappa shape index (κ3) is 2.92. The van der Waals surface area contributed by atoms with Crippen LogP contribution >= 0.6 is 0 Å². The molecule has 2 aromatic carbocycles. The summed E-state index contributed by atoms with van der Waals surface area (Å²) in [6, 6.07) is 16.0. The first-order valence-electron chi connectivity index (χ1n) is 8.56. The summed E-state index contributed by atoms with van der Waals surface area (Å²) in [6.45, 7) is 1.49. The second-order valence-corrected chi connectivity index (χ2v) is 6.61. The van der Waals surface area contributed by atoms with Gasteiger partial charge in [-0.2, -0.15) is 5.10 Å². The van der Waals surface area contributed by atoms with E-state index in [1.807, 2.05) is 41.3 Å². The molecule has 1 amide bonds. The largest absolute Gasteiger partial charge is 0.334 e. The normalized spacial score (nSPS) is 14.5. The van der Waals surface area contributed by atoms with Crippen molar-refractivity contribution in [2.75, 3.05) is 6.54 Å². The van der Waals surface area contributed by atoms with E-state index in [-0.39, 0.29) is 5.91 Å². The highest BCUT2D eigenvalue weighted by Gasteiger charge is 2.25. The van der Waals surface area contributed by atoms with Crippen molar-refractivity contribution >= 4 is 16.8 Å². The molecule has 0 atom stereocenters. The van der Waals surface area contributed by atoms with Crippen LogP contribution in [0.2, 0.25) is 0 Å². The summed E-state index contributed by atoms with van der Waals surface area (Å²) in [6.07, 6.45) is 5.51. The van der Waals surface area contributed by atoms with Gasteiger partial charge in [0.1, 0.15) is 0 Å². The van der Waals surface area contributed by atoms with Crippen molar-refractivity contribution in [3.8, 4) is 0 Å². The number of H-pyrrole nitrogens is 1. The van der Waals surface area contributed by atoms with E-state index in [0.717, 1.165) is 17.4 Å². The van der Waals surface area contributed by atoms with E-state index in [4.69, 9.17) is 0 Å². The molecule has 122 valence electrons. The lowest BCUT2D eigenvalue weighted by atomic mass is 9.85. The minimum Gasteiger partial charge on any atom is -0.334 e. The van der Waals surface area contributed by atoms with Crippen molar-refractivity contribution in [2.24, 2.45) is 5.92 Å². The minimum atomic E-state index is 0.0839. The number of amides is 1. The lowest BCUT2D eigenvalue weighted by molar-refractivity contribution is 0.0681. The van der Waals surface area contributed by atoms with Crippen LogP contribution in [0.4, 0.5) is 0 Å². The van der Waals surface area contributed by atoms with E-state index in [1.165, 1.54) is 24.8 Å². The van der Waals surface area contributed by atoms with Gasteiger partial charge in [0, 0.05) is 18.5 Å². The van der Waals surface area contributed by atoms with E-state index >= 15 is 0 Å². The smallest absolute Gasteiger partial charge is 0.256 e. The number of aromatic nitrogens is 2. The van der Waals surface area contributed by atoms with E-state index in [1.54, 1.807) is 6.20 Å². The molecule has 4 heteroatoms. The number of para-hydroxylation sites is 1. The zero-order chi connectivity index (χ0) is 16.4. The Hall–Kier alpha value is -2.62. The molecule has 0 saturated heterocycles. The van der Waals surface area contributed by atoms with Gasteiger partial charge in [0.05, 0.1) is 17.3 Å². The van der Waals surface area contributed by atoms with Gasteiger partial charge in [0.15, 0.2) is 0 Å². The van der Waals surface area contributed by atoms with Gasteiger partial charge in [0.2, 0.25) is 0 Å². The maximum atomic E-state index is 13.2. The molecule has 1 aromatic heterocycles. The Labute approximate surface area is 141 Å². The quantitative estimate of drug-likeness (QED) is 0.772. The fourth-order valence-electron chi connectivity index (χ4n) is 3.33. The third-order valence-corrected chi connectivity index (χ3v) is 4.91. The van der Waals surface area contributed by atoms with Crippen LogP contribution in [-0.4, -0.2) is 27.5 Å². The van der Waals surface area contributed by atoms with Gasteiger partial charge < -0.3 is 4.90 Å². The Morgan fingerprint density at radius 3 is 2.71 bits per heavy atom. The zero-order valence-electron chi connectivity index (χ0n) is 13.6. The second kappa shape index (κ2) is 6.48. The van der Waals surface area contributed by atoms with Crippen LogP contribution in [0.25, 0.3) is 10.9 Å². The molecule has 3 aromatic rings. The number of fused-ring (bicyclic) bond motifs is 1. The number of rotatable bonds is 5. The van der Waals surface area contributed by atoms with Crippen LogP contribution < -0.4 is 0 Å². The van der Waals surface area contributed by atoms with Crippen molar-refractivity contribution in [1.82, 2.24) is 15.1 Å². The summed E-state index contributed by atoms with van der Waals surface area (Å²) >= 11 is 0. The van der Waals surface area contributed by atoms with Crippen molar-refractivity contribution < 1.29 is 4.79 Å². The van der Waals surface area contributed by atoms with Gasteiger partial charge in [-0.1, -0.05) is 48.9 Å². The summed E-state index contributed by atoms with van der Waals surface area (Å²) in [7, 11) is 0.